The van der Waals surface area contributed by atoms with E-state index in [-0.39, 0.29) is 18.0 Å². The van der Waals surface area contributed by atoms with Crippen molar-refractivity contribution < 1.29 is 14.3 Å². The summed E-state index contributed by atoms with van der Waals surface area (Å²) >= 11 is 0. The minimum atomic E-state index is -0.518. The molecule has 0 radical (unpaired) electrons. The van der Waals surface area contributed by atoms with E-state index in [1.807, 2.05) is 24.3 Å². The highest BCUT2D eigenvalue weighted by atomic mass is 16.5. The first-order valence-corrected chi connectivity index (χ1v) is 7.54. The molecule has 3 aliphatic rings. The molecular formula is C19H18O3. The minimum Gasteiger partial charge on any atom is -0.462 e. The Hall–Kier alpha value is -2.42. The summed E-state index contributed by atoms with van der Waals surface area (Å²) in [4.78, 5) is 24.2. The summed E-state index contributed by atoms with van der Waals surface area (Å²) in [5.74, 6) is -0.755. The lowest BCUT2D eigenvalue weighted by molar-refractivity contribution is -0.139. The molecule has 112 valence electrons. The molecule has 0 bridgehead atoms. The molecule has 0 aromatic heterocycles. The molecule has 0 spiro atoms. The fraction of sp³-hybridized carbons (Fsp3) is 0.263. The van der Waals surface area contributed by atoms with Crippen molar-refractivity contribution in [3.63, 3.8) is 0 Å². The highest BCUT2D eigenvalue weighted by Crippen LogP contribution is 2.53. The number of esters is 1. The van der Waals surface area contributed by atoms with Crippen LogP contribution in [0.4, 0.5) is 0 Å². The highest BCUT2D eigenvalue weighted by Gasteiger charge is 2.40. The van der Waals surface area contributed by atoms with Crippen LogP contribution < -0.4 is 0 Å². The topological polar surface area (TPSA) is 43.4 Å². The van der Waals surface area contributed by atoms with Crippen LogP contribution in [0, 0.1) is 0 Å². The third-order valence-corrected chi connectivity index (χ3v) is 3.95. The van der Waals surface area contributed by atoms with E-state index >= 15 is 0 Å². The lowest BCUT2D eigenvalue weighted by Crippen LogP contribution is -2.14. The van der Waals surface area contributed by atoms with E-state index in [0.717, 1.165) is 29.6 Å². The second-order valence-corrected chi connectivity index (χ2v) is 5.43. The van der Waals surface area contributed by atoms with E-state index in [2.05, 4.69) is 12.2 Å². The van der Waals surface area contributed by atoms with Crippen LogP contribution in [0.15, 0.2) is 69.9 Å². The molecule has 3 aliphatic carbocycles. The van der Waals surface area contributed by atoms with Gasteiger partial charge in [0.05, 0.1) is 6.61 Å². The number of rotatable bonds is 5. The van der Waals surface area contributed by atoms with Gasteiger partial charge in [-0.15, -0.1) is 0 Å². The van der Waals surface area contributed by atoms with E-state index in [0.29, 0.717) is 0 Å². The zero-order valence-corrected chi connectivity index (χ0v) is 12.8. The lowest BCUT2D eigenvalue weighted by Gasteiger charge is -2.04. The quantitative estimate of drug-likeness (QED) is 0.337. The minimum absolute atomic E-state index is 0.187. The molecular weight excluding hydrogens is 276 g/mol. The van der Waals surface area contributed by atoms with Crippen molar-refractivity contribution in [2.45, 2.75) is 26.7 Å². The Bertz CT molecular complexity index is 695. The summed E-state index contributed by atoms with van der Waals surface area (Å²) in [7, 11) is 0. The summed E-state index contributed by atoms with van der Waals surface area (Å²) in [5, 5.41) is 0. The van der Waals surface area contributed by atoms with E-state index in [9.17, 15) is 9.59 Å². The van der Waals surface area contributed by atoms with Crippen molar-refractivity contribution in [2.75, 3.05) is 6.61 Å². The number of hydrogen-bond acceptors (Lipinski definition) is 3. The molecule has 0 saturated heterocycles. The standard InChI is InChI=1S/C19H18O3/c1-3-22-19(21)15(12(2)20)18-16(13-8-4-5-9-13)17(18)14-10-6-7-11-14/h4-8,10H,3,9,11H2,1-2H3. The average Bonchev–Trinajstić information content (AvgIpc) is 2.95. The second-order valence-electron chi connectivity index (χ2n) is 5.43. The molecule has 0 amide bonds. The Morgan fingerprint density at radius 3 is 1.95 bits per heavy atom. The van der Waals surface area contributed by atoms with Gasteiger partial charge in [-0.25, -0.2) is 4.79 Å². The molecule has 0 atom stereocenters. The average molecular weight is 294 g/mol. The van der Waals surface area contributed by atoms with Crippen LogP contribution in [0.2, 0.25) is 0 Å². The molecule has 0 aromatic carbocycles. The van der Waals surface area contributed by atoms with Crippen molar-refractivity contribution >= 4 is 11.8 Å². The maximum absolute atomic E-state index is 12.2. The Morgan fingerprint density at radius 1 is 1.05 bits per heavy atom. The summed E-state index contributed by atoms with van der Waals surface area (Å²) in [6.45, 7) is 3.44. The molecule has 0 saturated carbocycles. The fourth-order valence-corrected chi connectivity index (χ4v) is 2.97. The molecule has 0 N–H and O–H groups in total. The molecule has 3 heteroatoms. The van der Waals surface area contributed by atoms with Crippen LogP contribution >= 0.6 is 0 Å². The van der Waals surface area contributed by atoms with Gasteiger partial charge in [0.2, 0.25) is 0 Å². The Kier molecular flexibility index (Phi) is 3.80. The van der Waals surface area contributed by atoms with Crippen molar-refractivity contribution in [1.82, 2.24) is 0 Å². The zero-order chi connectivity index (χ0) is 15.7. The molecule has 3 nitrogen and oxygen atoms in total. The van der Waals surface area contributed by atoms with E-state index in [1.165, 1.54) is 18.1 Å². The maximum atomic E-state index is 12.2. The Labute approximate surface area is 130 Å². The van der Waals surface area contributed by atoms with Gasteiger partial charge in [0.15, 0.2) is 5.78 Å². The fourth-order valence-electron chi connectivity index (χ4n) is 2.97. The van der Waals surface area contributed by atoms with Gasteiger partial charge >= 0.3 is 5.97 Å². The third-order valence-electron chi connectivity index (χ3n) is 3.95. The number of allylic oxidation sites excluding steroid dienone is 11. The molecule has 0 heterocycles. The smallest absolute Gasteiger partial charge is 0.342 e. The van der Waals surface area contributed by atoms with Crippen LogP contribution in [0.1, 0.15) is 26.7 Å². The van der Waals surface area contributed by atoms with Crippen molar-refractivity contribution in [3.05, 3.63) is 69.9 Å². The monoisotopic (exact) mass is 294 g/mol. The normalized spacial score (nSPS) is 18.5. The third kappa shape index (κ3) is 2.43. The highest BCUT2D eigenvalue weighted by molar-refractivity contribution is 6.20. The molecule has 0 aromatic rings. The first-order chi connectivity index (χ1) is 10.6. The van der Waals surface area contributed by atoms with Crippen molar-refractivity contribution in [2.24, 2.45) is 0 Å². The summed E-state index contributed by atoms with van der Waals surface area (Å²) < 4.78 is 5.07. The van der Waals surface area contributed by atoms with Gasteiger partial charge in [0, 0.05) is 5.57 Å². The first kappa shape index (κ1) is 14.5. The van der Waals surface area contributed by atoms with Crippen molar-refractivity contribution in [1.29, 1.82) is 0 Å². The van der Waals surface area contributed by atoms with E-state index in [1.54, 1.807) is 6.92 Å². The number of hydrogen-bond donors (Lipinski definition) is 0. The van der Waals surface area contributed by atoms with Crippen LogP contribution in [0.25, 0.3) is 0 Å². The predicted molar refractivity (Wildman–Crippen MR) is 85.0 cm³/mol. The summed E-state index contributed by atoms with van der Waals surface area (Å²) in [6.07, 6.45) is 14.0. The van der Waals surface area contributed by atoms with Gasteiger partial charge in [-0.05, 0) is 49.0 Å². The number of carbonyl (C=O) groups excluding carboxylic acids is 2. The maximum Gasteiger partial charge on any atom is 0.342 e. The van der Waals surface area contributed by atoms with Crippen LogP contribution in [-0.4, -0.2) is 18.4 Å². The van der Waals surface area contributed by atoms with Gasteiger partial charge in [0.25, 0.3) is 0 Å². The first-order valence-electron chi connectivity index (χ1n) is 7.54. The molecule has 0 unspecified atom stereocenters. The summed E-state index contributed by atoms with van der Waals surface area (Å²) in [6, 6.07) is 0. The summed E-state index contributed by atoms with van der Waals surface area (Å²) in [5.41, 5.74) is 5.42. The molecule has 3 rings (SSSR count). The number of ketones is 1. The lowest BCUT2D eigenvalue weighted by atomic mass is 10.0. The number of ether oxygens (including phenoxy) is 1. The number of carbonyl (C=O) groups is 2. The number of Topliss-reactive ketones (excluding diaryl/α,β-unsaturated/α-hetero) is 1. The zero-order valence-electron chi connectivity index (χ0n) is 12.8. The van der Waals surface area contributed by atoms with Gasteiger partial charge in [-0.1, -0.05) is 36.5 Å². The van der Waals surface area contributed by atoms with Crippen LogP contribution in [0.3, 0.4) is 0 Å². The van der Waals surface area contributed by atoms with Gasteiger partial charge in [-0.2, -0.15) is 0 Å². The van der Waals surface area contributed by atoms with Crippen LogP contribution in [-0.2, 0) is 14.3 Å². The predicted octanol–water partition coefficient (Wildman–Crippen LogP) is 3.52. The van der Waals surface area contributed by atoms with E-state index in [4.69, 9.17) is 4.74 Å². The molecule has 0 fully saturated rings. The molecule has 22 heavy (non-hydrogen) atoms. The Morgan fingerprint density at radius 2 is 1.59 bits per heavy atom. The van der Waals surface area contributed by atoms with Crippen LogP contribution in [0.5, 0.6) is 0 Å². The largest absolute Gasteiger partial charge is 0.462 e. The molecule has 0 aliphatic heterocycles. The van der Waals surface area contributed by atoms with Gasteiger partial charge in [0.1, 0.15) is 5.57 Å². The van der Waals surface area contributed by atoms with E-state index < -0.39 is 5.97 Å². The second kappa shape index (κ2) is 5.76. The SMILES string of the molecule is CCOC(=O)C(C(C)=O)=C1C(C2=CC=CC2)=C1C1=CC=CC1. The Balaban J connectivity index is 2.03. The van der Waals surface area contributed by atoms with Gasteiger partial charge < -0.3 is 4.74 Å². The van der Waals surface area contributed by atoms with Crippen molar-refractivity contribution in [3.8, 4) is 0 Å². The van der Waals surface area contributed by atoms with Gasteiger partial charge in [-0.3, -0.25) is 4.79 Å².